The second kappa shape index (κ2) is 10.6. The number of carboxylic acid groups (broad SMARTS) is 1. The number of carbonyl (C=O) groups is 1. The Balaban J connectivity index is 1.83. The molecule has 1 N–H and O–H groups in total. The number of nitro benzene ring substituents is 1. The van der Waals surface area contributed by atoms with Crippen LogP contribution in [0.3, 0.4) is 0 Å². The highest BCUT2D eigenvalue weighted by molar-refractivity contribution is 5.90. The van der Waals surface area contributed by atoms with Crippen LogP contribution < -0.4 is 9.47 Å². The first-order valence-corrected chi connectivity index (χ1v) is 9.99. The van der Waals surface area contributed by atoms with Crippen molar-refractivity contribution in [3.8, 4) is 17.6 Å². The second-order valence-corrected chi connectivity index (χ2v) is 6.91. The summed E-state index contributed by atoms with van der Waals surface area (Å²) in [6, 6.07) is 19.5. The predicted molar refractivity (Wildman–Crippen MR) is 122 cm³/mol. The lowest BCUT2D eigenvalue weighted by Gasteiger charge is -2.13. The van der Waals surface area contributed by atoms with Gasteiger partial charge in [-0.15, -0.1) is 0 Å². The highest BCUT2D eigenvalue weighted by Gasteiger charge is 2.11. The van der Waals surface area contributed by atoms with Crippen LogP contribution in [0.4, 0.5) is 5.69 Å². The van der Waals surface area contributed by atoms with Crippen LogP contribution in [0.1, 0.15) is 34.0 Å². The van der Waals surface area contributed by atoms with Crippen LogP contribution in [0.15, 0.2) is 66.7 Å². The molecule has 0 saturated heterocycles. The molecule has 33 heavy (non-hydrogen) atoms. The molecule has 8 heteroatoms. The summed E-state index contributed by atoms with van der Waals surface area (Å²) in [5.41, 5.74) is 2.28. The van der Waals surface area contributed by atoms with Gasteiger partial charge in [0.25, 0.3) is 5.69 Å². The maximum atomic E-state index is 11.0. The number of nitriles is 1. The minimum atomic E-state index is -0.994. The summed E-state index contributed by atoms with van der Waals surface area (Å²) in [7, 11) is 0. The molecule has 3 aromatic carbocycles. The van der Waals surface area contributed by atoms with Gasteiger partial charge in [-0.2, -0.15) is 5.26 Å². The summed E-state index contributed by atoms with van der Waals surface area (Å²) in [5.74, 6) is -0.0264. The first-order chi connectivity index (χ1) is 15.9. The van der Waals surface area contributed by atoms with E-state index in [1.807, 2.05) is 6.92 Å². The highest BCUT2D eigenvalue weighted by atomic mass is 16.6. The molecule has 0 fully saturated rings. The van der Waals surface area contributed by atoms with E-state index in [2.05, 4.69) is 6.07 Å². The third-order valence-electron chi connectivity index (χ3n) is 4.66. The van der Waals surface area contributed by atoms with Gasteiger partial charge in [0, 0.05) is 12.1 Å². The number of hydrogen-bond acceptors (Lipinski definition) is 6. The zero-order chi connectivity index (χ0) is 23.8. The Morgan fingerprint density at radius 3 is 2.45 bits per heavy atom. The van der Waals surface area contributed by atoms with E-state index in [0.29, 0.717) is 29.2 Å². The first kappa shape index (κ1) is 23.0. The van der Waals surface area contributed by atoms with E-state index in [4.69, 9.17) is 14.6 Å². The largest absolute Gasteiger partial charge is 0.490 e. The molecule has 0 aliphatic rings. The van der Waals surface area contributed by atoms with Crippen molar-refractivity contribution in [3.05, 3.63) is 99.1 Å². The lowest BCUT2D eigenvalue weighted by Crippen LogP contribution is -2.01. The number of ether oxygens (including phenoxy) is 2. The van der Waals surface area contributed by atoms with Crippen LogP contribution in [0, 0.1) is 21.4 Å². The Labute approximate surface area is 190 Å². The lowest BCUT2D eigenvalue weighted by atomic mass is 10.0. The van der Waals surface area contributed by atoms with Gasteiger partial charge in [0.05, 0.1) is 28.7 Å². The summed E-state index contributed by atoms with van der Waals surface area (Å²) in [6.45, 7) is 2.44. The van der Waals surface area contributed by atoms with Gasteiger partial charge in [-0.1, -0.05) is 30.3 Å². The van der Waals surface area contributed by atoms with E-state index >= 15 is 0 Å². The number of hydrogen-bond donors (Lipinski definition) is 1. The number of aromatic carboxylic acids is 1. The van der Waals surface area contributed by atoms with Crippen molar-refractivity contribution >= 4 is 23.3 Å². The van der Waals surface area contributed by atoms with Gasteiger partial charge in [0.1, 0.15) is 6.61 Å². The molecule has 0 aliphatic carbocycles. The van der Waals surface area contributed by atoms with Gasteiger partial charge in [0.2, 0.25) is 0 Å². The number of nitrogens with zero attached hydrogens (tertiary/aromatic N) is 2. The Bertz CT molecular complexity index is 1240. The van der Waals surface area contributed by atoms with E-state index in [-0.39, 0.29) is 23.4 Å². The van der Waals surface area contributed by atoms with Crippen molar-refractivity contribution in [1.82, 2.24) is 0 Å². The minimum absolute atomic E-state index is 0.0937. The van der Waals surface area contributed by atoms with Crippen molar-refractivity contribution in [2.24, 2.45) is 0 Å². The molecular weight excluding hydrogens is 424 g/mol. The summed E-state index contributed by atoms with van der Waals surface area (Å²) in [5, 5.41) is 29.6. The van der Waals surface area contributed by atoms with Gasteiger partial charge in [-0.3, -0.25) is 10.1 Å². The molecule has 0 heterocycles. The van der Waals surface area contributed by atoms with E-state index in [1.54, 1.807) is 42.5 Å². The van der Waals surface area contributed by atoms with E-state index in [0.717, 1.165) is 5.56 Å². The number of rotatable bonds is 9. The third-order valence-corrected chi connectivity index (χ3v) is 4.66. The molecule has 0 unspecified atom stereocenters. The maximum absolute atomic E-state index is 11.0. The normalized spacial score (nSPS) is 10.8. The topological polar surface area (TPSA) is 123 Å². The predicted octanol–water partition coefficient (Wildman–Crippen LogP) is 5.33. The Morgan fingerprint density at radius 2 is 1.82 bits per heavy atom. The lowest BCUT2D eigenvalue weighted by molar-refractivity contribution is -0.384. The van der Waals surface area contributed by atoms with Crippen LogP contribution in [-0.4, -0.2) is 22.6 Å². The van der Waals surface area contributed by atoms with Crippen molar-refractivity contribution in [2.45, 2.75) is 13.5 Å². The molecule has 0 aromatic heterocycles. The molecule has 0 atom stereocenters. The van der Waals surface area contributed by atoms with Gasteiger partial charge in [-0.25, -0.2) is 4.79 Å². The van der Waals surface area contributed by atoms with Crippen molar-refractivity contribution in [1.29, 1.82) is 5.26 Å². The molecule has 0 spiro atoms. The van der Waals surface area contributed by atoms with Gasteiger partial charge in [0.15, 0.2) is 11.5 Å². The maximum Gasteiger partial charge on any atom is 0.335 e. The average molecular weight is 444 g/mol. The molecular formula is C25H20N2O6. The number of allylic oxidation sites excluding steroid dienone is 1. The Hall–Kier alpha value is -4.64. The van der Waals surface area contributed by atoms with Crippen LogP contribution in [0.5, 0.6) is 11.5 Å². The Kier molecular flexibility index (Phi) is 7.39. The summed E-state index contributed by atoms with van der Waals surface area (Å²) in [4.78, 5) is 21.5. The molecule has 8 nitrogen and oxygen atoms in total. The molecule has 0 amide bonds. The molecule has 0 bridgehead atoms. The van der Waals surface area contributed by atoms with Crippen molar-refractivity contribution < 1.29 is 24.3 Å². The molecule has 3 aromatic rings. The number of nitro groups is 1. The summed E-state index contributed by atoms with van der Waals surface area (Å²) >= 11 is 0. The molecule has 3 rings (SSSR count). The minimum Gasteiger partial charge on any atom is -0.490 e. The van der Waals surface area contributed by atoms with E-state index < -0.39 is 10.9 Å². The number of carboxylic acids is 1. The van der Waals surface area contributed by atoms with Crippen molar-refractivity contribution in [3.63, 3.8) is 0 Å². The fourth-order valence-electron chi connectivity index (χ4n) is 3.04. The SMILES string of the molecule is CCOc1cc(/C=C(/C#N)c2cccc([N+](=O)[O-])c2)ccc1OCc1ccc(C(=O)O)cc1. The fourth-order valence-corrected chi connectivity index (χ4v) is 3.04. The van der Waals surface area contributed by atoms with Crippen LogP contribution >= 0.6 is 0 Å². The molecule has 0 saturated carbocycles. The number of non-ortho nitro benzene ring substituents is 1. The monoisotopic (exact) mass is 444 g/mol. The molecule has 0 aliphatic heterocycles. The second-order valence-electron chi connectivity index (χ2n) is 6.91. The smallest absolute Gasteiger partial charge is 0.335 e. The van der Waals surface area contributed by atoms with E-state index in [1.165, 1.54) is 30.3 Å². The number of benzene rings is 3. The summed E-state index contributed by atoms with van der Waals surface area (Å²) < 4.78 is 11.5. The van der Waals surface area contributed by atoms with Gasteiger partial charge >= 0.3 is 5.97 Å². The molecule has 0 radical (unpaired) electrons. The highest BCUT2D eigenvalue weighted by Crippen LogP contribution is 2.31. The Morgan fingerprint density at radius 1 is 1.06 bits per heavy atom. The van der Waals surface area contributed by atoms with Crippen LogP contribution in [-0.2, 0) is 6.61 Å². The standard InChI is InChI=1S/C25H20N2O6/c1-2-32-24-13-18(12-21(15-26)20-4-3-5-22(14-20)27(30)31)8-11-23(24)33-16-17-6-9-19(10-7-17)25(28)29/h3-14H,2,16H2,1H3,(H,28,29)/b21-12-. The summed E-state index contributed by atoms with van der Waals surface area (Å²) in [6.07, 6.45) is 1.62. The fraction of sp³-hybridized carbons (Fsp3) is 0.120. The zero-order valence-corrected chi connectivity index (χ0v) is 17.7. The van der Waals surface area contributed by atoms with Crippen LogP contribution in [0.25, 0.3) is 11.6 Å². The average Bonchev–Trinajstić information content (AvgIpc) is 2.82. The first-order valence-electron chi connectivity index (χ1n) is 9.99. The van der Waals surface area contributed by atoms with Gasteiger partial charge < -0.3 is 14.6 Å². The van der Waals surface area contributed by atoms with E-state index in [9.17, 15) is 20.2 Å². The molecule has 166 valence electrons. The quantitative estimate of drug-likeness (QED) is 0.205. The zero-order valence-electron chi connectivity index (χ0n) is 17.7. The third kappa shape index (κ3) is 5.95. The van der Waals surface area contributed by atoms with Crippen molar-refractivity contribution in [2.75, 3.05) is 6.61 Å². The van der Waals surface area contributed by atoms with Crippen LogP contribution in [0.2, 0.25) is 0 Å². The van der Waals surface area contributed by atoms with Gasteiger partial charge in [-0.05, 0) is 54.0 Å².